The van der Waals surface area contributed by atoms with E-state index >= 15 is 0 Å². The monoisotopic (exact) mass is 463 g/mol. The van der Waals surface area contributed by atoms with E-state index in [1.807, 2.05) is 42.5 Å². The standard InChI is InChI=1S/C25H22FN3O3S/c1-25(17-7-6-15-4-2-3-5-16(15)12-17)23(31)29(24(32)28-25)14-22(30)27-20-10-11-33-21-9-8-18(26)13-19(20)21/h2-9,12-13,20H,10-11,14H2,1H3,(H,27,30)(H,28,32). The van der Waals surface area contributed by atoms with E-state index in [2.05, 4.69) is 10.6 Å². The Hall–Kier alpha value is -3.39. The Morgan fingerprint density at radius 1 is 1.15 bits per heavy atom. The number of thioether (sulfide) groups is 1. The van der Waals surface area contributed by atoms with Gasteiger partial charge in [-0.2, -0.15) is 0 Å². The molecule has 3 aromatic rings. The number of fused-ring (bicyclic) bond motifs is 2. The summed E-state index contributed by atoms with van der Waals surface area (Å²) in [5, 5.41) is 7.60. The molecule has 2 heterocycles. The highest BCUT2D eigenvalue weighted by atomic mass is 32.2. The molecule has 2 aliphatic rings. The van der Waals surface area contributed by atoms with E-state index in [0.717, 1.165) is 31.9 Å². The molecule has 1 saturated heterocycles. The number of urea groups is 1. The predicted octanol–water partition coefficient (Wildman–Crippen LogP) is 4.10. The first kappa shape index (κ1) is 21.5. The number of nitrogens with one attached hydrogen (secondary N) is 2. The van der Waals surface area contributed by atoms with Crippen molar-refractivity contribution < 1.29 is 18.8 Å². The lowest BCUT2D eigenvalue weighted by atomic mass is 9.90. The first-order valence-electron chi connectivity index (χ1n) is 10.7. The van der Waals surface area contributed by atoms with Crippen molar-refractivity contribution in [3.05, 3.63) is 77.6 Å². The minimum absolute atomic E-state index is 0.364. The van der Waals surface area contributed by atoms with Crippen LogP contribution in [0.25, 0.3) is 10.8 Å². The Morgan fingerprint density at radius 3 is 2.76 bits per heavy atom. The molecule has 33 heavy (non-hydrogen) atoms. The Bertz CT molecular complexity index is 1300. The lowest BCUT2D eigenvalue weighted by molar-refractivity contribution is -0.135. The fraction of sp³-hybridized carbons (Fsp3) is 0.240. The van der Waals surface area contributed by atoms with Crippen molar-refractivity contribution in [3.8, 4) is 0 Å². The first-order chi connectivity index (χ1) is 15.8. The third-order valence-electron chi connectivity index (χ3n) is 6.25. The molecule has 0 aromatic heterocycles. The van der Waals surface area contributed by atoms with Gasteiger partial charge in [0.25, 0.3) is 5.91 Å². The average Bonchev–Trinajstić information content (AvgIpc) is 3.03. The van der Waals surface area contributed by atoms with Gasteiger partial charge < -0.3 is 10.6 Å². The highest BCUT2D eigenvalue weighted by Gasteiger charge is 2.49. The van der Waals surface area contributed by atoms with E-state index in [0.29, 0.717) is 12.0 Å². The first-order valence-corrected chi connectivity index (χ1v) is 11.7. The van der Waals surface area contributed by atoms with E-state index < -0.39 is 29.9 Å². The molecule has 4 amide bonds. The van der Waals surface area contributed by atoms with Crippen molar-refractivity contribution in [2.24, 2.45) is 0 Å². The molecule has 0 spiro atoms. The Morgan fingerprint density at radius 2 is 1.94 bits per heavy atom. The van der Waals surface area contributed by atoms with Gasteiger partial charge in [-0.15, -0.1) is 11.8 Å². The molecule has 0 aliphatic carbocycles. The fourth-order valence-corrected chi connectivity index (χ4v) is 5.54. The van der Waals surface area contributed by atoms with Crippen LogP contribution in [0.4, 0.5) is 9.18 Å². The van der Waals surface area contributed by atoms with Gasteiger partial charge in [0.15, 0.2) is 0 Å². The van der Waals surface area contributed by atoms with E-state index in [-0.39, 0.29) is 11.9 Å². The number of halogens is 1. The number of rotatable bonds is 4. The summed E-state index contributed by atoms with van der Waals surface area (Å²) in [5.74, 6) is -0.528. The number of benzene rings is 3. The van der Waals surface area contributed by atoms with Crippen molar-refractivity contribution in [2.75, 3.05) is 12.3 Å². The molecule has 0 saturated carbocycles. The van der Waals surface area contributed by atoms with Crippen LogP contribution in [0, 0.1) is 5.82 Å². The van der Waals surface area contributed by atoms with E-state index in [9.17, 15) is 18.8 Å². The zero-order valence-corrected chi connectivity index (χ0v) is 18.7. The topological polar surface area (TPSA) is 78.5 Å². The number of amides is 4. The summed E-state index contributed by atoms with van der Waals surface area (Å²) in [6, 6.07) is 16.9. The van der Waals surface area contributed by atoms with Gasteiger partial charge >= 0.3 is 6.03 Å². The van der Waals surface area contributed by atoms with E-state index in [1.165, 1.54) is 12.1 Å². The van der Waals surface area contributed by atoms with Crippen LogP contribution in [0.2, 0.25) is 0 Å². The van der Waals surface area contributed by atoms with Crippen molar-refractivity contribution in [1.29, 1.82) is 0 Å². The number of hydrogen-bond donors (Lipinski definition) is 2. The lowest BCUT2D eigenvalue weighted by Crippen LogP contribution is -2.44. The second kappa shape index (κ2) is 8.19. The SMILES string of the molecule is CC1(c2ccc3ccccc3c2)NC(=O)N(CC(=O)NC2CCSc3ccc(F)cc32)C1=O. The van der Waals surface area contributed by atoms with Gasteiger partial charge in [0, 0.05) is 10.6 Å². The van der Waals surface area contributed by atoms with Crippen LogP contribution >= 0.6 is 11.8 Å². The molecular weight excluding hydrogens is 441 g/mol. The van der Waals surface area contributed by atoms with Crippen LogP contribution < -0.4 is 10.6 Å². The van der Waals surface area contributed by atoms with Crippen molar-refractivity contribution in [3.63, 3.8) is 0 Å². The Balaban J connectivity index is 1.33. The molecule has 168 valence electrons. The van der Waals surface area contributed by atoms with Crippen molar-refractivity contribution >= 4 is 40.4 Å². The summed E-state index contributed by atoms with van der Waals surface area (Å²) in [7, 11) is 0. The van der Waals surface area contributed by atoms with Gasteiger partial charge in [-0.25, -0.2) is 9.18 Å². The molecule has 2 aliphatic heterocycles. The predicted molar refractivity (Wildman–Crippen MR) is 124 cm³/mol. The quantitative estimate of drug-likeness (QED) is 0.571. The third-order valence-corrected chi connectivity index (χ3v) is 7.37. The normalized spacial score (nSPS) is 22.2. The maximum atomic E-state index is 13.8. The summed E-state index contributed by atoms with van der Waals surface area (Å²) in [5.41, 5.74) is 0.104. The molecule has 1 fully saturated rings. The number of hydrogen-bond acceptors (Lipinski definition) is 4. The van der Waals surface area contributed by atoms with Gasteiger partial charge in [0.1, 0.15) is 17.9 Å². The van der Waals surface area contributed by atoms with Gasteiger partial charge in [-0.05, 0) is 59.5 Å². The van der Waals surface area contributed by atoms with E-state index in [4.69, 9.17) is 0 Å². The van der Waals surface area contributed by atoms with Gasteiger partial charge in [-0.3, -0.25) is 14.5 Å². The fourth-order valence-electron chi connectivity index (χ4n) is 4.44. The molecule has 5 rings (SSSR count). The Labute approximate surface area is 194 Å². The summed E-state index contributed by atoms with van der Waals surface area (Å²) in [4.78, 5) is 40.6. The minimum Gasteiger partial charge on any atom is -0.348 e. The maximum absolute atomic E-state index is 13.8. The number of carbonyl (C=O) groups excluding carboxylic acids is 3. The second-order valence-corrected chi connectivity index (χ2v) is 9.58. The summed E-state index contributed by atoms with van der Waals surface area (Å²) in [6.07, 6.45) is 0.641. The van der Waals surface area contributed by atoms with Crippen molar-refractivity contribution in [1.82, 2.24) is 15.5 Å². The molecule has 6 nitrogen and oxygen atoms in total. The summed E-state index contributed by atoms with van der Waals surface area (Å²) in [6.45, 7) is 1.24. The smallest absolute Gasteiger partial charge is 0.325 e. The third kappa shape index (κ3) is 3.84. The molecular formula is C25H22FN3O3S. The zero-order chi connectivity index (χ0) is 23.2. The molecule has 3 aromatic carbocycles. The molecule has 2 unspecified atom stereocenters. The van der Waals surface area contributed by atoms with Gasteiger partial charge in [0.2, 0.25) is 5.91 Å². The zero-order valence-electron chi connectivity index (χ0n) is 17.9. The number of nitrogens with zero attached hydrogens (tertiary/aromatic N) is 1. The second-order valence-electron chi connectivity index (χ2n) is 8.45. The number of carbonyl (C=O) groups is 3. The highest BCUT2D eigenvalue weighted by Crippen LogP contribution is 2.36. The minimum atomic E-state index is -1.27. The van der Waals surface area contributed by atoms with Gasteiger partial charge in [0.05, 0.1) is 6.04 Å². The molecule has 0 radical (unpaired) electrons. The molecule has 0 bridgehead atoms. The largest absolute Gasteiger partial charge is 0.348 e. The number of imide groups is 1. The summed E-state index contributed by atoms with van der Waals surface area (Å²) < 4.78 is 13.8. The van der Waals surface area contributed by atoms with Crippen LogP contribution in [0.5, 0.6) is 0 Å². The lowest BCUT2D eigenvalue weighted by Gasteiger charge is -2.27. The molecule has 2 atom stereocenters. The van der Waals surface area contributed by atoms with Crippen LogP contribution in [0.3, 0.4) is 0 Å². The van der Waals surface area contributed by atoms with Crippen LogP contribution in [0.15, 0.2) is 65.6 Å². The highest BCUT2D eigenvalue weighted by molar-refractivity contribution is 7.99. The van der Waals surface area contributed by atoms with Crippen LogP contribution in [-0.2, 0) is 15.1 Å². The maximum Gasteiger partial charge on any atom is 0.325 e. The average molecular weight is 464 g/mol. The Kier molecular flexibility index (Phi) is 5.32. The van der Waals surface area contributed by atoms with E-state index in [1.54, 1.807) is 24.8 Å². The molecule has 2 N–H and O–H groups in total. The molecule has 8 heteroatoms. The van der Waals surface area contributed by atoms with Crippen LogP contribution in [0.1, 0.15) is 30.5 Å². The summed E-state index contributed by atoms with van der Waals surface area (Å²) >= 11 is 1.61. The van der Waals surface area contributed by atoms with Gasteiger partial charge in [-0.1, -0.05) is 36.4 Å². The van der Waals surface area contributed by atoms with Crippen LogP contribution in [-0.4, -0.2) is 35.0 Å². The van der Waals surface area contributed by atoms with Crippen molar-refractivity contribution in [2.45, 2.75) is 29.8 Å².